The zero-order chi connectivity index (χ0) is 14.4. The van der Waals surface area contributed by atoms with Crippen LogP contribution in [0.2, 0.25) is 0 Å². The van der Waals surface area contributed by atoms with Gasteiger partial charge in [0.15, 0.2) is 0 Å². The number of methoxy groups -OCH3 is 1. The quantitative estimate of drug-likeness (QED) is 0.702. The molecule has 4 atom stereocenters. The highest BCUT2D eigenvalue weighted by Gasteiger charge is 2.34. The molecule has 6 nitrogen and oxygen atoms in total. The molecule has 0 radical (unpaired) electrons. The van der Waals surface area contributed by atoms with E-state index in [1.54, 1.807) is 0 Å². The second-order valence-electron chi connectivity index (χ2n) is 4.95. The number of hydrogen-bond acceptors (Lipinski definition) is 5. The van der Waals surface area contributed by atoms with Crippen molar-refractivity contribution in [1.29, 1.82) is 0 Å². The van der Waals surface area contributed by atoms with Crippen LogP contribution < -0.4 is 11.1 Å². The third-order valence-corrected chi connectivity index (χ3v) is 3.63. The van der Waals surface area contributed by atoms with Gasteiger partial charge in [0.1, 0.15) is 12.1 Å². The number of esters is 1. The van der Waals surface area contributed by atoms with E-state index >= 15 is 0 Å². The van der Waals surface area contributed by atoms with Gasteiger partial charge in [-0.2, -0.15) is 0 Å². The average Bonchev–Trinajstić information content (AvgIpc) is 2.91. The lowest BCUT2D eigenvalue weighted by atomic mass is 9.99. The number of carbonyl (C=O) groups excluding carboxylic acids is 2. The molecular formula is C13H25ClN2O4. The lowest BCUT2D eigenvalue weighted by Gasteiger charge is -2.23. The van der Waals surface area contributed by atoms with E-state index in [-0.39, 0.29) is 30.3 Å². The fraction of sp³-hybridized carbons (Fsp3) is 0.846. The molecule has 1 saturated heterocycles. The van der Waals surface area contributed by atoms with Crippen LogP contribution in [-0.2, 0) is 19.1 Å². The first-order chi connectivity index (χ1) is 9.03. The summed E-state index contributed by atoms with van der Waals surface area (Å²) < 4.78 is 10.2. The smallest absolute Gasteiger partial charge is 0.328 e. The summed E-state index contributed by atoms with van der Waals surface area (Å²) in [6.45, 7) is 4.28. The molecule has 20 heavy (non-hydrogen) atoms. The van der Waals surface area contributed by atoms with Crippen molar-refractivity contribution in [3.8, 4) is 0 Å². The Bertz CT molecular complexity index is 327. The molecule has 1 rings (SSSR count). The predicted molar refractivity (Wildman–Crippen MR) is 77.6 cm³/mol. The molecule has 0 aromatic carbocycles. The Labute approximate surface area is 126 Å². The number of hydrogen-bond donors (Lipinski definition) is 2. The van der Waals surface area contributed by atoms with Crippen molar-refractivity contribution >= 4 is 24.3 Å². The van der Waals surface area contributed by atoms with Gasteiger partial charge in [0.2, 0.25) is 5.91 Å². The summed E-state index contributed by atoms with van der Waals surface area (Å²) in [5.74, 6) is -0.661. The molecule has 1 aliphatic heterocycles. The SMILES string of the molecule is CC[C@H](C)[C@H](NC(=O)[C@@H]1CC[C@H](CN)O1)C(=O)OC.Cl. The van der Waals surface area contributed by atoms with Gasteiger partial charge in [-0.15, -0.1) is 12.4 Å². The van der Waals surface area contributed by atoms with E-state index in [9.17, 15) is 9.59 Å². The molecule has 0 unspecified atom stereocenters. The van der Waals surface area contributed by atoms with Gasteiger partial charge >= 0.3 is 5.97 Å². The normalized spacial score (nSPS) is 24.4. The van der Waals surface area contributed by atoms with Crippen molar-refractivity contribution < 1.29 is 19.1 Å². The van der Waals surface area contributed by atoms with E-state index in [1.165, 1.54) is 7.11 Å². The maximum atomic E-state index is 12.1. The third-order valence-electron chi connectivity index (χ3n) is 3.63. The number of carbonyl (C=O) groups is 2. The number of nitrogens with one attached hydrogen (secondary N) is 1. The Morgan fingerprint density at radius 2 is 2.10 bits per heavy atom. The largest absolute Gasteiger partial charge is 0.467 e. The summed E-state index contributed by atoms with van der Waals surface area (Å²) in [4.78, 5) is 23.8. The summed E-state index contributed by atoms with van der Waals surface area (Å²) in [5.41, 5.74) is 5.51. The summed E-state index contributed by atoms with van der Waals surface area (Å²) in [5, 5.41) is 2.73. The lowest BCUT2D eigenvalue weighted by molar-refractivity contribution is -0.148. The van der Waals surface area contributed by atoms with Crippen molar-refractivity contribution in [3.05, 3.63) is 0 Å². The number of ether oxygens (including phenoxy) is 2. The Kier molecular flexibility index (Phi) is 8.76. The van der Waals surface area contributed by atoms with Gasteiger partial charge in [0, 0.05) is 6.54 Å². The predicted octanol–water partition coefficient (Wildman–Crippen LogP) is 0.618. The van der Waals surface area contributed by atoms with Crippen LogP contribution in [0.3, 0.4) is 0 Å². The first kappa shape index (κ1) is 19.1. The van der Waals surface area contributed by atoms with Gasteiger partial charge in [-0.1, -0.05) is 20.3 Å². The van der Waals surface area contributed by atoms with Gasteiger partial charge in [-0.25, -0.2) is 4.79 Å². The van der Waals surface area contributed by atoms with Crippen LogP contribution in [0.4, 0.5) is 0 Å². The molecule has 1 heterocycles. The van der Waals surface area contributed by atoms with Crippen molar-refractivity contribution in [2.24, 2.45) is 11.7 Å². The monoisotopic (exact) mass is 308 g/mol. The summed E-state index contributed by atoms with van der Waals surface area (Å²) >= 11 is 0. The molecule has 7 heteroatoms. The zero-order valence-electron chi connectivity index (χ0n) is 12.3. The number of rotatable bonds is 6. The van der Waals surface area contributed by atoms with Gasteiger partial charge in [0.05, 0.1) is 13.2 Å². The Morgan fingerprint density at radius 1 is 1.45 bits per heavy atom. The molecule has 1 fully saturated rings. The second-order valence-corrected chi connectivity index (χ2v) is 4.95. The standard InChI is InChI=1S/C13H24N2O4.ClH/c1-4-8(2)11(13(17)18-3)15-12(16)10-6-5-9(7-14)19-10;/h8-11H,4-7,14H2,1-3H3,(H,15,16);1H/t8-,9+,10-,11-;/m0./s1. The molecule has 0 aromatic heterocycles. The third kappa shape index (κ3) is 4.92. The molecule has 0 saturated carbocycles. The van der Waals surface area contributed by atoms with Crippen molar-refractivity contribution in [2.45, 2.75) is 51.4 Å². The van der Waals surface area contributed by atoms with E-state index < -0.39 is 18.1 Å². The Hall–Kier alpha value is -0.850. The molecule has 0 spiro atoms. The van der Waals surface area contributed by atoms with Gasteiger partial charge in [0.25, 0.3) is 0 Å². The fourth-order valence-electron chi connectivity index (χ4n) is 2.11. The average molecular weight is 309 g/mol. The van der Waals surface area contributed by atoms with Crippen LogP contribution in [0.15, 0.2) is 0 Å². The van der Waals surface area contributed by atoms with E-state index in [1.807, 2.05) is 13.8 Å². The van der Waals surface area contributed by atoms with Crippen LogP contribution >= 0.6 is 12.4 Å². The Balaban J connectivity index is 0.00000361. The minimum absolute atomic E-state index is 0. The van der Waals surface area contributed by atoms with E-state index in [0.29, 0.717) is 13.0 Å². The van der Waals surface area contributed by atoms with Crippen LogP contribution in [0, 0.1) is 5.92 Å². The maximum absolute atomic E-state index is 12.1. The number of amides is 1. The Morgan fingerprint density at radius 3 is 2.55 bits per heavy atom. The molecule has 1 amide bonds. The minimum Gasteiger partial charge on any atom is -0.467 e. The maximum Gasteiger partial charge on any atom is 0.328 e. The van der Waals surface area contributed by atoms with Gasteiger partial charge < -0.3 is 20.5 Å². The molecule has 118 valence electrons. The molecule has 3 N–H and O–H groups in total. The van der Waals surface area contributed by atoms with Crippen LogP contribution in [-0.4, -0.2) is 43.8 Å². The molecule has 0 aliphatic carbocycles. The summed E-state index contributed by atoms with van der Waals surface area (Å²) in [7, 11) is 1.32. The van der Waals surface area contributed by atoms with E-state index in [4.69, 9.17) is 15.2 Å². The molecule has 1 aliphatic rings. The van der Waals surface area contributed by atoms with Crippen molar-refractivity contribution in [3.63, 3.8) is 0 Å². The van der Waals surface area contributed by atoms with Gasteiger partial charge in [-0.3, -0.25) is 4.79 Å². The highest BCUT2D eigenvalue weighted by molar-refractivity contribution is 5.87. The van der Waals surface area contributed by atoms with Crippen LogP contribution in [0.25, 0.3) is 0 Å². The van der Waals surface area contributed by atoms with E-state index in [0.717, 1.165) is 12.8 Å². The summed E-state index contributed by atoms with van der Waals surface area (Å²) in [6, 6.07) is -0.622. The van der Waals surface area contributed by atoms with Crippen molar-refractivity contribution in [1.82, 2.24) is 5.32 Å². The lowest BCUT2D eigenvalue weighted by Crippen LogP contribution is -2.49. The topological polar surface area (TPSA) is 90.7 Å². The minimum atomic E-state index is -0.622. The number of halogens is 1. The van der Waals surface area contributed by atoms with Crippen molar-refractivity contribution in [2.75, 3.05) is 13.7 Å². The second kappa shape index (κ2) is 9.15. The van der Waals surface area contributed by atoms with E-state index in [2.05, 4.69) is 5.32 Å². The zero-order valence-corrected chi connectivity index (χ0v) is 13.1. The highest BCUT2D eigenvalue weighted by Crippen LogP contribution is 2.19. The van der Waals surface area contributed by atoms with Gasteiger partial charge in [-0.05, 0) is 18.8 Å². The fourth-order valence-corrected chi connectivity index (χ4v) is 2.11. The molecular weight excluding hydrogens is 284 g/mol. The highest BCUT2D eigenvalue weighted by atomic mass is 35.5. The molecule has 0 bridgehead atoms. The summed E-state index contributed by atoms with van der Waals surface area (Å²) in [6.07, 6.45) is 1.63. The van der Waals surface area contributed by atoms with Crippen LogP contribution in [0.5, 0.6) is 0 Å². The first-order valence-corrected chi connectivity index (χ1v) is 6.77. The van der Waals surface area contributed by atoms with Crippen LogP contribution in [0.1, 0.15) is 33.1 Å². The molecule has 0 aromatic rings. The number of nitrogens with two attached hydrogens (primary N) is 1. The first-order valence-electron chi connectivity index (χ1n) is 6.77.